The molecular weight excluding hydrogens is 815 g/mol. The van der Waals surface area contributed by atoms with Crippen molar-refractivity contribution in [3.05, 3.63) is 23.9 Å². The first-order valence-electron chi connectivity index (χ1n) is 17.1. The summed E-state index contributed by atoms with van der Waals surface area (Å²) in [6.45, 7) is -0.536. The molecule has 4 rings (SSSR count). The molecule has 4 aliphatic heterocycles. The fourth-order valence-corrected chi connectivity index (χ4v) is 10.4. The lowest BCUT2D eigenvalue weighted by molar-refractivity contribution is -0.241. The molecular formula is C28H44N7O16P3S-4. The molecule has 9 atom stereocenters. The van der Waals surface area contributed by atoms with Crippen molar-refractivity contribution in [2.45, 2.75) is 99.7 Å². The zero-order valence-corrected chi connectivity index (χ0v) is 32.8. The van der Waals surface area contributed by atoms with Gasteiger partial charge < -0.3 is 75.8 Å². The summed E-state index contributed by atoms with van der Waals surface area (Å²) in [6.07, 6.45) is 4.10. The Balaban J connectivity index is 1.12. The molecule has 0 amide bonds. The average molecular weight is 860 g/mol. The Kier molecular flexibility index (Phi) is 16.8. The number of phosphoric acid groups is 3. The molecule has 55 heavy (non-hydrogen) atoms. The van der Waals surface area contributed by atoms with E-state index in [9.17, 15) is 49.0 Å². The summed E-state index contributed by atoms with van der Waals surface area (Å²) in [6, 6.07) is -0.912. The van der Waals surface area contributed by atoms with E-state index in [0.29, 0.717) is 43.1 Å². The van der Waals surface area contributed by atoms with Gasteiger partial charge in [0, 0.05) is 41.8 Å². The second-order valence-corrected chi connectivity index (χ2v) is 18.4. The smallest absolute Gasteiger partial charge is 0.490 e. The SMILES string of the molecule is NC1N=C([O-])N(C2CC(O)C(COP(=O)(O)OP(=O)(O)OP(=O)(O)O)O2)C=C1C=CCN=C([O-])CCCCCN=C([O-])CCCC[C@@H]1SC[C@@H]2NC([O-])=N[C@@H]21. The molecule has 312 valence electrons. The third-order valence-electron chi connectivity index (χ3n) is 8.44. The van der Waals surface area contributed by atoms with E-state index < -0.39 is 60.7 Å². The fourth-order valence-electron chi connectivity index (χ4n) is 5.87. The molecule has 8 N–H and O–H groups in total. The molecule has 6 unspecified atom stereocenters. The van der Waals surface area contributed by atoms with Crippen molar-refractivity contribution in [3.63, 3.8) is 0 Å². The van der Waals surface area contributed by atoms with Gasteiger partial charge in [-0.05, 0) is 50.3 Å². The number of phosphoric ester groups is 1. The van der Waals surface area contributed by atoms with Crippen molar-refractivity contribution in [1.82, 2.24) is 10.2 Å². The second-order valence-electron chi connectivity index (χ2n) is 12.7. The highest BCUT2D eigenvalue weighted by atomic mass is 32.2. The predicted octanol–water partition coefficient (Wildman–Crippen LogP) is -2.63. The third kappa shape index (κ3) is 15.1. The Morgan fingerprint density at radius 3 is 2.47 bits per heavy atom. The van der Waals surface area contributed by atoms with Gasteiger partial charge >= 0.3 is 23.5 Å². The molecule has 0 bridgehead atoms. The van der Waals surface area contributed by atoms with Crippen molar-refractivity contribution in [2.75, 3.05) is 25.4 Å². The number of aliphatic hydroxyl groups is 1. The fraction of sp³-hybridized carbons (Fsp3) is 0.714. The number of thioether (sulfide) groups is 1. The Morgan fingerprint density at radius 2 is 1.75 bits per heavy atom. The standard InChI is InChI=1S/C28H48N7O16P3S/c29-26-17(14-35(28(40)34-26)24-13-19(36)20(49-24)15-48-53(44,45)51-54(46,47)50-52(41,42)43)7-6-12-31-22(37)9-2-1-5-11-30-23(38)10-4-3-8-21-25-18(16-55-21)32-27(39)33-25/h6-7,14,18-21,24-26,36H,1-5,8-13,15-16,29H2,(H,30,38)(H,31,37)(H,34,40)(H,44,45)(H,46,47)(H2,32,33,39)(H2,41,42,43)/p-4/t18-,19?,20?,21-,24?,25-,26?/m0/s1. The van der Waals surface area contributed by atoms with Gasteiger partial charge in [0.1, 0.15) is 18.5 Å². The summed E-state index contributed by atoms with van der Waals surface area (Å²) in [5.74, 6) is 0.402. The van der Waals surface area contributed by atoms with Crippen molar-refractivity contribution in [1.29, 1.82) is 0 Å². The Morgan fingerprint density at radius 1 is 1.04 bits per heavy atom. The number of unbranched alkanes of at least 4 members (excludes halogenated alkanes) is 3. The van der Waals surface area contributed by atoms with Crippen LogP contribution in [0.2, 0.25) is 0 Å². The zero-order valence-electron chi connectivity index (χ0n) is 29.3. The molecule has 0 aromatic rings. The monoisotopic (exact) mass is 859 g/mol. The van der Waals surface area contributed by atoms with Crippen LogP contribution in [0.1, 0.15) is 57.8 Å². The van der Waals surface area contributed by atoms with Crippen LogP contribution < -0.4 is 31.5 Å². The number of amidine groups is 2. The topological polar surface area (TPSA) is 372 Å². The molecule has 4 heterocycles. The summed E-state index contributed by atoms with van der Waals surface area (Å²) in [5.41, 5.74) is 6.26. The van der Waals surface area contributed by atoms with E-state index in [4.69, 9.17) is 20.3 Å². The maximum absolute atomic E-state index is 12.6. The number of ether oxygens (including phenoxy) is 1. The van der Waals surface area contributed by atoms with E-state index in [-0.39, 0.29) is 49.3 Å². The average Bonchev–Trinajstić information content (AvgIpc) is 3.74. The van der Waals surface area contributed by atoms with Gasteiger partial charge in [-0.15, -0.1) is 0 Å². The van der Waals surface area contributed by atoms with E-state index in [0.717, 1.165) is 29.9 Å². The van der Waals surface area contributed by atoms with Crippen LogP contribution in [0.3, 0.4) is 0 Å². The predicted molar refractivity (Wildman–Crippen MR) is 190 cm³/mol. The highest BCUT2D eigenvalue weighted by Gasteiger charge is 2.43. The van der Waals surface area contributed by atoms with Crippen LogP contribution in [0.15, 0.2) is 43.9 Å². The van der Waals surface area contributed by atoms with Gasteiger partial charge in [0.25, 0.3) is 0 Å². The van der Waals surface area contributed by atoms with Gasteiger partial charge in [-0.1, -0.05) is 25.0 Å². The van der Waals surface area contributed by atoms with Crippen LogP contribution in [0.25, 0.3) is 0 Å². The number of nitrogens with zero attached hydrogens (tertiary/aromatic N) is 5. The number of hydrogen-bond acceptors (Lipinski definition) is 20. The minimum atomic E-state index is -5.75. The lowest BCUT2D eigenvalue weighted by atomic mass is 10.0. The number of hydrogen-bond donors (Lipinski definition) is 7. The van der Waals surface area contributed by atoms with Crippen LogP contribution in [0.4, 0.5) is 0 Å². The highest BCUT2D eigenvalue weighted by molar-refractivity contribution is 8.00. The van der Waals surface area contributed by atoms with Crippen molar-refractivity contribution >= 4 is 59.1 Å². The number of fused-ring (bicyclic) bond motifs is 1. The minimum absolute atomic E-state index is 0.00639. The van der Waals surface area contributed by atoms with Crippen molar-refractivity contribution in [3.8, 4) is 0 Å². The summed E-state index contributed by atoms with van der Waals surface area (Å²) in [4.78, 5) is 53.2. The van der Waals surface area contributed by atoms with E-state index >= 15 is 0 Å². The van der Waals surface area contributed by atoms with E-state index in [1.54, 1.807) is 0 Å². The Hall–Kier alpha value is -2.40. The van der Waals surface area contributed by atoms with Crippen LogP contribution >= 0.6 is 35.2 Å². The van der Waals surface area contributed by atoms with Gasteiger partial charge in [-0.2, -0.15) is 20.4 Å². The normalized spacial score (nSPS) is 29.7. The first-order valence-corrected chi connectivity index (χ1v) is 22.7. The van der Waals surface area contributed by atoms with Crippen molar-refractivity contribution in [2.24, 2.45) is 25.7 Å². The molecule has 0 saturated carbocycles. The number of aliphatic hydroxyl groups excluding tert-OH is 1. The summed E-state index contributed by atoms with van der Waals surface area (Å²) in [5, 5.41) is 61.8. The number of aliphatic imine (C=N–C) groups is 4. The largest absolute Gasteiger partial charge is 0.862 e. The van der Waals surface area contributed by atoms with Gasteiger partial charge in [-0.25, -0.2) is 13.7 Å². The first-order chi connectivity index (χ1) is 25.8. The molecule has 0 aromatic heterocycles. The quantitative estimate of drug-likeness (QED) is 0.0253. The van der Waals surface area contributed by atoms with E-state index in [1.807, 2.05) is 11.8 Å². The number of nitrogens with one attached hydrogen (secondary N) is 1. The molecule has 0 aromatic carbocycles. The molecule has 4 aliphatic rings. The first kappa shape index (κ1) is 45.3. The lowest BCUT2D eigenvalue weighted by Crippen LogP contribution is -2.48. The van der Waals surface area contributed by atoms with Crippen LogP contribution in [-0.2, 0) is 31.6 Å². The maximum atomic E-state index is 12.6. The van der Waals surface area contributed by atoms with Crippen molar-refractivity contribution < 1.29 is 76.7 Å². The molecule has 2 saturated heterocycles. The molecule has 23 nitrogen and oxygen atoms in total. The van der Waals surface area contributed by atoms with Crippen LogP contribution in [0.5, 0.6) is 0 Å². The molecule has 0 aliphatic carbocycles. The molecule has 0 spiro atoms. The molecule has 27 heteroatoms. The maximum Gasteiger partial charge on any atom is 0.490 e. The second kappa shape index (κ2) is 20.3. The van der Waals surface area contributed by atoms with Crippen LogP contribution in [0, 0.1) is 0 Å². The van der Waals surface area contributed by atoms with E-state index in [2.05, 4.69) is 38.4 Å². The summed E-state index contributed by atoms with van der Waals surface area (Å²) in [7, 11) is -16.8. The lowest BCUT2D eigenvalue weighted by Gasteiger charge is -2.36. The Bertz CT molecular complexity index is 1660. The van der Waals surface area contributed by atoms with Gasteiger partial charge in [-0.3, -0.25) is 14.5 Å². The number of nitrogens with two attached hydrogens (primary N) is 1. The van der Waals surface area contributed by atoms with Crippen LogP contribution in [-0.4, -0.2) is 121 Å². The zero-order chi connectivity index (χ0) is 40.4. The van der Waals surface area contributed by atoms with E-state index in [1.165, 1.54) is 18.4 Å². The molecule has 0 radical (unpaired) electrons. The summed E-state index contributed by atoms with van der Waals surface area (Å²) >= 11 is 1.81. The number of rotatable bonds is 22. The highest BCUT2D eigenvalue weighted by Crippen LogP contribution is 2.66. The molecule has 2 fully saturated rings. The van der Waals surface area contributed by atoms with Gasteiger partial charge in [0.2, 0.25) is 0 Å². The van der Waals surface area contributed by atoms with Gasteiger partial charge in [0.15, 0.2) is 0 Å². The Labute approximate surface area is 320 Å². The van der Waals surface area contributed by atoms with Gasteiger partial charge in [0.05, 0.1) is 37.4 Å². The third-order valence-corrected chi connectivity index (χ3v) is 13.7. The summed E-state index contributed by atoms with van der Waals surface area (Å²) < 4.78 is 51.6. The minimum Gasteiger partial charge on any atom is -0.862 e.